The molecule has 1 unspecified atom stereocenters. The number of hydrogen-bond donors (Lipinski definition) is 4. The lowest BCUT2D eigenvalue weighted by Crippen LogP contribution is -2.71. The number of nitrogens with one attached hydrogen (secondary N) is 1. The Balaban J connectivity index is 1.36. The number of allylic oxidation sites excluding steroid dienone is 1. The van der Waals surface area contributed by atoms with Crippen molar-refractivity contribution in [3.05, 3.63) is 29.0 Å². The number of β-lactam (4-membered cyclic amide) rings is 1. The molecule has 4 aliphatic heterocycles. The van der Waals surface area contributed by atoms with E-state index in [2.05, 4.69) is 24.8 Å². The number of hydrogen-bond acceptors (Lipinski definition) is 12. The third-order valence-electron chi connectivity index (χ3n) is 6.83. The topological polar surface area (TPSA) is 210 Å². The van der Waals surface area contributed by atoms with E-state index in [0.717, 1.165) is 36.6 Å². The molecule has 2 amide bonds. The minimum absolute atomic E-state index is 0.0333. The third kappa shape index (κ3) is 4.65. The molecule has 206 valence electrons. The SMILES string of the molecule is CC(C)(O/N=C(\C(=O)N[C@@H]1C(=O)N2C(C(=O)O)=C(C[N+]34C=NC=C3CCC4)CS[C@H]12)c1nsc(N)n1)C(=O)O. The van der Waals surface area contributed by atoms with Crippen LogP contribution in [-0.4, -0.2) is 101 Å². The van der Waals surface area contributed by atoms with E-state index < -0.39 is 46.5 Å². The molecule has 2 fully saturated rings. The Morgan fingerprint density at radius 2 is 2.13 bits per heavy atom. The van der Waals surface area contributed by atoms with E-state index in [1.54, 1.807) is 0 Å². The number of nitrogen functional groups attached to an aromatic ring is 1. The maximum absolute atomic E-state index is 13.2. The molecule has 4 aliphatic rings. The summed E-state index contributed by atoms with van der Waals surface area (Å²) in [7, 11) is 0. The standard InChI is InChI=1S/C22H24N8O7S2/c1-22(2,20(35)36)37-27-12(15-26-21(23)39-28-15)16(31)25-13-17(32)29-14(19(33)34)10(8-38-18(13)29)7-30-5-3-4-11(30)6-24-9-30/h6,9,13,18H,3-5,7-8H2,1-2H3,(H4-,23,25,26,28,31,33,34,35,36)/p+1/b27-12-/t13-,18-,30?/m1/s1. The van der Waals surface area contributed by atoms with E-state index in [1.165, 1.54) is 30.5 Å². The van der Waals surface area contributed by atoms with Gasteiger partial charge in [-0.15, -0.1) is 11.8 Å². The Labute approximate surface area is 229 Å². The summed E-state index contributed by atoms with van der Waals surface area (Å²) in [5, 5.41) is 24.9. The van der Waals surface area contributed by atoms with Gasteiger partial charge in [0.2, 0.25) is 17.1 Å². The van der Waals surface area contributed by atoms with Crippen molar-refractivity contribution >= 4 is 64.2 Å². The fraction of sp³-hybridized carbons (Fsp3) is 0.455. The maximum Gasteiger partial charge on any atom is 0.352 e. The van der Waals surface area contributed by atoms with Gasteiger partial charge in [0.25, 0.3) is 11.8 Å². The average molecular weight is 578 g/mol. The summed E-state index contributed by atoms with van der Waals surface area (Å²) in [4.78, 5) is 64.5. The summed E-state index contributed by atoms with van der Waals surface area (Å²) < 4.78 is 4.41. The van der Waals surface area contributed by atoms with Gasteiger partial charge in [-0.25, -0.2) is 19.1 Å². The van der Waals surface area contributed by atoms with Crippen LogP contribution in [-0.2, 0) is 24.0 Å². The summed E-state index contributed by atoms with van der Waals surface area (Å²) in [5.41, 5.74) is 5.04. The summed E-state index contributed by atoms with van der Waals surface area (Å²) in [6.07, 6.45) is 5.49. The zero-order valence-corrected chi connectivity index (χ0v) is 22.5. The lowest BCUT2D eigenvalue weighted by Gasteiger charge is -2.49. The second-order valence-electron chi connectivity index (χ2n) is 9.83. The lowest BCUT2D eigenvalue weighted by molar-refractivity contribution is -0.777. The Kier molecular flexibility index (Phi) is 6.68. The zero-order valence-electron chi connectivity index (χ0n) is 20.9. The van der Waals surface area contributed by atoms with Gasteiger partial charge in [0, 0.05) is 35.7 Å². The molecule has 2 saturated heterocycles. The number of nitrogens with two attached hydrogens (primary N) is 1. The van der Waals surface area contributed by atoms with E-state index in [1.807, 2.05) is 12.5 Å². The molecule has 0 radical (unpaired) electrons. The fourth-order valence-electron chi connectivity index (χ4n) is 4.76. The zero-order chi connectivity index (χ0) is 28.1. The highest BCUT2D eigenvalue weighted by atomic mass is 32.2. The number of fused-ring (bicyclic) bond motifs is 2. The molecule has 0 saturated carbocycles. The van der Waals surface area contributed by atoms with Crippen molar-refractivity contribution in [2.45, 2.75) is 43.7 Å². The van der Waals surface area contributed by atoms with Crippen molar-refractivity contribution in [3.63, 3.8) is 0 Å². The van der Waals surface area contributed by atoms with Crippen LogP contribution >= 0.6 is 23.3 Å². The number of aromatic nitrogens is 2. The first kappa shape index (κ1) is 26.8. The second-order valence-corrected chi connectivity index (χ2v) is 11.7. The van der Waals surface area contributed by atoms with Crippen LogP contribution in [0.5, 0.6) is 0 Å². The maximum atomic E-state index is 13.2. The number of aliphatic imine (C=N–C) groups is 1. The molecule has 1 aromatic rings. The predicted octanol–water partition coefficient (Wildman–Crippen LogP) is -0.0633. The number of aliphatic carboxylic acids is 2. The van der Waals surface area contributed by atoms with Crippen LogP contribution in [0.15, 0.2) is 33.3 Å². The average Bonchev–Trinajstić information content (AvgIpc) is 3.57. The van der Waals surface area contributed by atoms with Crippen LogP contribution in [0.1, 0.15) is 32.5 Å². The van der Waals surface area contributed by atoms with Gasteiger partial charge in [-0.3, -0.25) is 14.5 Å². The van der Waals surface area contributed by atoms with Gasteiger partial charge < -0.3 is 26.1 Å². The number of rotatable bonds is 9. The smallest absolute Gasteiger partial charge is 0.352 e. The molecular formula is C22H25N8O7S2+. The fourth-order valence-corrected chi connectivity index (χ4v) is 6.53. The van der Waals surface area contributed by atoms with Crippen LogP contribution in [0.4, 0.5) is 5.13 Å². The van der Waals surface area contributed by atoms with Gasteiger partial charge >= 0.3 is 11.9 Å². The predicted molar refractivity (Wildman–Crippen MR) is 139 cm³/mol. The summed E-state index contributed by atoms with van der Waals surface area (Å²) in [6, 6.07) is -1.06. The molecule has 39 heavy (non-hydrogen) atoms. The molecule has 0 bridgehead atoms. The van der Waals surface area contributed by atoms with E-state index in [4.69, 9.17) is 10.6 Å². The van der Waals surface area contributed by atoms with Crippen molar-refractivity contribution in [3.8, 4) is 0 Å². The first-order chi connectivity index (χ1) is 18.4. The minimum Gasteiger partial charge on any atom is -0.478 e. The summed E-state index contributed by atoms with van der Waals surface area (Å²) in [5.74, 6) is -3.91. The molecule has 0 aromatic carbocycles. The van der Waals surface area contributed by atoms with Gasteiger partial charge in [-0.05, 0) is 13.8 Å². The molecular weight excluding hydrogens is 552 g/mol. The van der Waals surface area contributed by atoms with Gasteiger partial charge in [0.1, 0.15) is 29.4 Å². The van der Waals surface area contributed by atoms with Crippen LogP contribution in [0.2, 0.25) is 0 Å². The molecule has 5 heterocycles. The Hall–Kier alpha value is -3.83. The van der Waals surface area contributed by atoms with Crippen molar-refractivity contribution < 1.29 is 38.7 Å². The highest BCUT2D eigenvalue weighted by Crippen LogP contribution is 2.43. The number of oxime groups is 1. The molecule has 5 N–H and O–H groups in total. The highest BCUT2D eigenvalue weighted by molar-refractivity contribution is 8.00. The van der Waals surface area contributed by atoms with Crippen LogP contribution < -0.4 is 11.1 Å². The Morgan fingerprint density at radius 1 is 1.36 bits per heavy atom. The first-order valence-electron chi connectivity index (χ1n) is 11.8. The number of anilines is 1. The van der Waals surface area contributed by atoms with Crippen LogP contribution in [0.3, 0.4) is 0 Å². The Bertz CT molecular complexity index is 1400. The van der Waals surface area contributed by atoms with Crippen molar-refractivity contribution in [1.82, 2.24) is 19.6 Å². The Morgan fingerprint density at radius 3 is 2.79 bits per heavy atom. The van der Waals surface area contributed by atoms with Gasteiger partial charge in [0.05, 0.1) is 12.7 Å². The van der Waals surface area contributed by atoms with Gasteiger partial charge in [-0.1, -0.05) is 5.16 Å². The minimum atomic E-state index is -1.77. The van der Waals surface area contributed by atoms with E-state index >= 15 is 0 Å². The van der Waals surface area contributed by atoms with Crippen LogP contribution in [0.25, 0.3) is 0 Å². The quantitative estimate of drug-likeness (QED) is 0.132. The monoisotopic (exact) mass is 577 g/mol. The number of nitrogens with zero attached hydrogens (tertiary/aromatic N) is 6. The molecule has 1 aromatic heterocycles. The first-order valence-corrected chi connectivity index (χ1v) is 13.7. The van der Waals surface area contributed by atoms with E-state index in [9.17, 15) is 29.4 Å². The number of carbonyl (C=O) groups is 4. The van der Waals surface area contributed by atoms with E-state index in [0.29, 0.717) is 22.4 Å². The number of carboxylic acid groups (broad SMARTS) is 2. The third-order valence-corrected chi connectivity index (χ3v) is 8.71. The molecule has 15 nitrogen and oxygen atoms in total. The largest absolute Gasteiger partial charge is 0.478 e. The van der Waals surface area contributed by atoms with Crippen LogP contribution in [0, 0.1) is 0 Å². The summed E-state index contributed by atoms with van der Waals surface area (Å²) in [6.45, 7) is 3.69. The number of carboxylic acids is 2. The number of amides is 2. The second kappa shape index (κ2) is 9.73. The van der Waals surface area contributed by atoms with Gasteiger partial charge in [-0.2, -0.15) is 9.36 Å². The number of thioether (sulfide) groups is 1. The number of carbonyl (C=O) groups excluding carboxylic acids is 2. The van der Waals surface area contributed by atoms with Crippen molar-refractivity contribution in [2.75, 3.05) is 24.6 Å². The molecule has 0 spiro atoms. The normalized spacial score (nSPS) is 26.1. The molecule has 0 aliphatic carbocycles. The van der Waals surface area contributed by atoms with Crippen molar-refractivity contribution in [2.24, 2.45) is 10.1 Å². The number of quaternary nitrogens is 1. The highest BCUT2D eigenvalue weighted by Gasteiger charge is 2.55. The van der Waals surface area contributed by atoms with Crippen molar-refractivity contribution in [1.29, 1.82) is 0 Å². The van der Waals surface area contributed by atoms with Gasteiger partial charge in [0.15, 0.2) is 11.5 Å². The van der Waals surface area contributed by atoms with E-state index in [-0.39, 0.29) is 16.7 Å². The lowest BCUT2D eigenvalue weighted by atomic mass is 10.0. The molecule has 17 heteroatoms. The molecule has 3 atom stereocenters. The molecule has 5 rings (SSSR count). The summed E-state index contributed by atoms with van der Waals surface area (Å²) >= 11 is 2.13.